The summed E-state index contributed by atoms with van der Waals surface area (Å²) in [5.74, 6) is -2.14. The summed E-state index contributed by atoms with van der Waals surface area (Å²) in [6.07, 6.45) is -4.89. The normalized spacial score (nSPS) is 11.7. The minimum Gasteiger partial charge on any atom is -0.481 e. The number of carbonyl (C=O) groups is 1. The summed E-state index contributed by atoms with van der Waals surface area (Å²) in [7, 11) is 0. The third-order valence-electron chi connectivity index (χ3n) is 3.46. The summed E-state index contributed by atoms with van der Waals surface area (Å²) in [6, 6.07) is 6.44. The highest BCUT2D eigenvalue weighted by molar-refractivity contribution is 5.77. The Balaban J connectivity index is 2.02. The van der Waals surface area contributed by atoms with Gasteiger partial charge in [0, 0.05) is 12.0 Å². The van der Waals surface area contributed by atoms with Crippen LogP contribution in [0.4, 0.5) is 13.2 Å². The van der Waals surface area contributed by atoms with Gasteiger partial charge in [-0.25, -0.2) is 9.78 Å². The lowest BCUT2D eigenvalue weighted by molar-refractivity contribution is -0.274. The molecule has 0 fully saturated rings. The number of carboxylic acid groups (broad SMARTS) is 1. The van der Waals surface area contributed by atoms with Crippen LogP contribution in [0.2, 0.25) is 0 Å². The van der Waals surface area contributed by atoms with E-state index in [1.54, 1.807) is 0 Å². The molecule has 136 valence electrons. The van der Waals surface area contributed by atoms with E-state index >= 15 is 0 Å². The Bertz CT molecular complexity index is 1010. The molecule has 1 aromatic carbocycles. The molecule has 2 heterocycles. The second kappa shape index (κ2) is 6.54. The molecule has 2 N–H and O–H groups in total. The predicted molar refractivity (Wildman–Crippen MR) is 82.7 cm³/mol. The zero-order valence-corrected chi connectivity index (χ0v) is 13.0. The minimum atomic E-state index is -4.80. The van der Waals surface area contributed by atoms with Gasteiger partial charge in [0.2, 0.25) is 0 Å². The van der Waals surface area contributed by atoms with Gasteiger partial charge in [-0.2, -0.15) is 0 Å². The molecule has 7 nitrogen and oxygen atoms in total. The number of halogens is 3. The number of carboxylic acids is 1. The van der Waals surface area contributed by atoms with Crippen LogP contribution < -0.4 is 10.5 Å². The number of nitrogens with one attached hydrogen (secondary N) is 1. The second-order valence-electron chi connectivity index (χ2n) is 5.32. The lowest BCUT2D eigenvalue weighted by Crippen LogP contribution is -2.16. The first-order valence-electron chi connectivity index (χ1n) is 7.32. The summed E-state index contributed by atoms with van der Waals surface area (Å²) in [4.78, 5) is 28.8. The van der Waals surface area contributed by atoms with Gasteiger partial charge in [-0.1, -0.05) is 0 Å². The number of aliphatic carboxylic acids is 1. The molecule has 0 aliphatic rings. The van der Waals surface area contributed by atoms with Crippen molar-refractivity contribution in [3.05, 3.63) is 46.4 Å². The molecule has 0 saturated carbocycles. The average Bonchev–Trinajstić information content (AvgIpc) is 2.90. The van der Waals surface area contributed by atoms with E-state index in [9.17, 15) is 22.8 Å². The number of fused-ring (bicyclic) bond motifs is 1. The molecule has 10 heteroatoms. The third kappa shape index (κ3) is 4.02. The van der Waals surface area contributed by atoms with Crippen molar-refractivity contribution in [1.29, 1.82) is 0 Å². The van der Waals surface area contributed by atoms with Crippen molar-refractivity contribution in [2.75, 3.05) is 0 Å². The Morgan fingerprint density at radius 3 is 2.58 bits per heavy atom. The van der Waals surface area contributed by atoms with Crippen LogP contribution in [0.25, 0.3) is 22.5 Å². The van der Waals surface area contributed by atoms with E-state index in [0.717, 1.165) is 12.1 Å². The van der Waals surface area contributed by atoms with E-state index in [1.807, 2.05) is 0 Å². The fraction of sp³-hybridized carbons (Fsp3) is 0.188. The number of aromatic nitrogens is 2. The molecule has 0 amide bonds. The number of benzene rings is 1. The summed E-state index contributed by atoms with van der Waals surface area (Å²) < 4.78 is 45.5. The number of aromatic amines is 1. The molecule has 0 unspecified atom stereocenters. The highest BCUT2D eigenvalue weighted by Crippen LogP contribution is 2.29. The fourth-order valence-electron chi connectivity index (χ4n) is 2.42. The number of pyridine rings is 1. The van der Waals surface area contributed by atoms with Crippen molar-refractivity contribution in [3.63, 3.8) is 0 Å². The number of ether oxygens (including phenoxy) is 1. The quantitative estimate of drug-likeness (QED) is 0.717. The molecule has 0 radical (unpaired) electrons. The monoisotopic (exact) mass is 368 g/mol. The minimum absolute atomic E-state index is 0.100. The average molecular weight is 368 g/mol. The van der Waals surface area contributed by atoms with Crippen molar-refractivity contribution in [1.82, 2.24) is 9.97 Å². The smallest absolute Gasteiger partial charge is 0.481 e. The first-order chi connectivity index (χ1) is 12.2. The molecule has 2 aromatic heterocycles. The Labute approximate surface area is 143 Å². The summed E-state index contributed by atoms with van der Waals surface area (Å²) in [6.45, 7) is 0. The number of rotatable bonds is 5. The van der Waals surface area contributed by atoms with Gasteiger partial charge in [0.05, 0.1) is 5.69 Å². The Kier molecular flexibility index (Phi) is 4.41. The SMILES string of the molecule is O=C(O)CCc1cc2oc(=O)[nH]c2nc1-c1ccc(OC(F)(F)F)cc1. The van der Waals surface area contributed by atoms with Gasteiger partial charge in [0.25, 0.3) is 0 Å². The van der Waals surface area contributed by atoms with E-state index in [-0.39, 0.29) is 24.1 Å². The van der Waals surface area contributed by atoms with Crippen LogP contribution in [0.3, 0.4) is 0 Å². The van der Waals surface area contributed by atoms with E-state index in [2.05, 4.69) is 14.7 Å². The number of aryl methyl sites for hydroxylation is 1. The molecule has 3 aromatic rings. The predicted octanol–water partition coefficient (Wildman–Crippen LogP) is 3.10. The van der Waals surface area contributed by atoms with E-state index in [0.29, 0.717) is 16.8 Å². The molecule has 3 rings (SSSR count). The summed E-state index contributed by atoms with van der Waals surface area (Å²) >= 11 is 0. The van der Waals surface area contributed by atoms with Crippen LogP contribution in [0.15, 0.2) is 39.5 Å². The van der Waals surface area contributed by atoms with Gasteiger partial charge in [-0.15, -0.1) is 13.2 Å². The van der Waals surface area contributed by atoms with Crippen LogP contribution in [-0.2, 0) is 11.2 Å². The molecule has 0 aliphatic carbocycles. The number of hydrogen-bond acceptors (Lipinski definition) is 5. The molecule has 0 bridgehead atoms. The maximum absolute atomic E-state index is 12.2. The van der Waals surface area contributed by atoms with Gasteiger partial charge in [-0.05, 0) is 42.3 Å². The van der Waals surface area contributed by atoms with Gasteiger partial charge in [0.1, 0.15) is 5.75 Å². The first-order valence-corrected chi connectivity index (χ1v) is 7.32. The van der Waals surface area contributed by atoms with Gasteiger partial charge in [0.15, 0.2) is 11.2 Å². The molecule has 0 saturated heterocycles. The van der Waals surface area contributed by atoms with Crippen molar-refractivity contribution < 1.29 is 32.2 Å². The Hall–Kier alpha value is -3.30. The van der Waals surface area contributed by atoms with Crippen molar-refractivity contribution in [3.8, 4) is 17.0 Å². The zero-order chi connectivity index (χ0) is 18.9. The standard InChI is InChI=1S/C16H11F3N2O5/c17-16(18,19)26-10-4-1-8(2-5-10)13-9(3-6-12(22)23)7-11-14(20-13)21-15(24)25-11/h1-2,4-5,7H,3,6H2,(H,22,23)(H,20,21,24). The van der Waals surface area contributed by atoms with Gasteiger partial charge in [-0.3, -0.25) is 9.78 Å². The van der Waals surface area contributed by atoms with Crippen LogP contribution in [0.5, 0.6) is 5.75 Å². The fourth-order valence-corrected chi connectivity index (χ4v) is 2.42. The highest BCUT2D eigenvalue weighted by Gasteiger charge is 2.31. The van der Waals surface area contributed by atoms with Crippen LogP contribution >= 0.6 is 0 Å². The highest BCUT2D eigenvalue weighted by atomic mass is 19.4. The van der Waals surface area contributed by atoms with Crippen molar-refractivity contribution >= 4 is 17.2 Å². The molecular formula is C16H11F3N2O5. The molecule has 0 spiro atoms. The van der Waals surface area contributed by atoms with Crippen LogP contribution in [-0.4, -0.2) is 27.4 Å². The largest absolute Gasteiger partial charge is 0.573 e. The Morgan fingerprint density at radius 2 is 1.96 bits per heavy atom. The van der Waals surface area contributed by atoms with E-state index in [4.69, 9.17) is 9.52 Å². The van der Waals surface area contributed by atoms with Crippen LogP contribution in [0, 0.1) is 0 Å². The molecular weight excluding hydrogens is 357 g/mol. The van der Waals surface area contributed by atoms with E-state index in [1.165, 1.54) is 18.2 Å². The van der Waals surface area contributed by atoms with Crippen molar-refractivity contribution in [2.45, 2.75) is 19.2 Å². The lowest BCUT2D eigenvalue weighted by atomic mass is 10.0. The number of hydrogen-bond donors (Lipinski definition) is 2. The molecule has 0 aliphatic heterocycles. The second-order valence-corrected chi connectivity index (χ2v) is 5.32. The molecule has 0 atom stereocenters. The van der Waals surface area contributed by atoms with E-state index < -0.39 is 23.8 Å². The maximum atomic E-state index is 12.2. The first kappa shape index (κ1) is 17.5. The van der Waals surface area contributed by atoms with Gasteiger partial charge < -0.3 is 14.3 Å². The van der Waals surface area contributed by atoms with Gasteiger partial charge >= 0.3 is 18.1 Å². The lowest BCUT2D eigenvalue weighted by Gasteiger charge is -2.11. The third-order valence-corrected chi connectivity index (χ3v) is 3.46. The topological polar surface area (TPSA) is 105 Å². The number of nitrogens with zero attached hydrogens (tertiary/aromatic N) is 1. The number of oxazole rings is 1. The summed E-state index contributed by atoms with van der Waals surface area (Å²) in [5, 5.41) is 8.88. The Morgan fingerprint density at radius 1 is 1.27 bits per heavy atom. The maximum Gasteiger partial charge on any atom is 0.573 e. The van der Waals surface area contributed by atoms with Crippen molar-refractivity contribution in [2.24, 2.45) is 0 Å². The zero-order valence-electron chi connectivity index (χ0n) is 13.0. The number of alkyl halides is 3. The summed E-state index contributed by atoms with van der Waals surface area (Å²) in [5.41, 5.74) is 1.56. The number of H-pyrrole nitrogens is 1. The molecule has 26 heavy (non-hydrogen) atoms. The van der Waals surface area contributed by atoms with Crippen LogP contribution in [0.1, 0.15) is 12.0 Å².